The standard InChI is InChI=1S/C22H25Cl2N3.ClH/c1-14(2)12-27(13-15(3)4)22-18-7-5-6-8-20(18)25-21(26-22)17-10-9-16(23)11-19(17)24;/h5-11,14-15H,12-13H2,1-4H3;1H. The SMILES string of the molecule is CC(C)CN(CC(C)C)c1nc(-c2ccc(Cl)cc2Cl)nc2ccccc12.Cl. The Balaban J connectivity index is 0.00000280. The summed E-state index contributed by atoms with van der Waals surface area (Å²) in [5.41, 5.74) is 1.71. The van der Waals surface area contributed by atoms with Gasteiger partial charge in [0.2, 0.25) is 0 Å². The second kappa shape index (κ2) is 9.78. The van der Waals surface area contributed by atoms with Crippen molar-refractivity contribution in [3.05, 3.63) is 52.5 Å². The quantitative estimate of drug-likeness (QED) is 0.409. The van der Waals surface area contributed by atoms with Gasteiger partial charge in [-0.3, -0.25) is 0 Å². The molecule has 2 aromatic carbocycles. The third-order valence-corrected chi connectivity index (χ3v) is 4.77. The molecule has 0 aliphatic rings. The third-order valence-electron chi connectivity index (χ3n) is 4.23. The summed E-state index contributed by atoms with van der Waals surface area (Å²) < 4.78 is 0. The maximum Gasteiger partial charge on any atom is 0.163 e. The van der Waals surface area contributed by atoms with Crippen LogP contribution in [0.4, 0.5) is 5.82 Å². The molecule has 0 radical (unpaired) electrons. The normalized spacial score (nSPS) is 11.1. The number of anilines is 1. The van der Waals surface area contributed by atoms with E-state index in [1.54, 1.807) is 6.07 Å². The van der Waals surface area contributed by atoms with Gasteiger partial charge >= 0.3 is 0 Å². The first-order valence-electron chi connectivity index (χ1n) is 9.32. The molecule has 0 spiro atoms. The van der Waals surface area contributed by atoms with E-state index in [0.717, 1.165) is 35.4 Å². The zero-order chi connectivity index (χ0) is 19.6. The van der Waals surface area contributed by atoms with Gasteiger partial charge in [0.15, 0.2) is 5.82 Å². The average molecular weight is 439 g/mol. The van der Waals surface area contributed by atoms with Crippen LogP contribution in [0.3, 0.4) is 0 Å². The highest BCUT2D eigenvalue weighted by molar-refractivity contribution is 6.36. The van der Waals surface area contributed by atoms with Crippen molar-refractivity contribution in [2.45, 2.75) is 27.7 Å². The first kappa shape index (κ1) is 22.7. The predicted molar refractivity (Wildman–Crippen MR) is 124 cm³/mol. The third kappa shape index (κ3) is 5.28. The molecular weight excluding hydrogens is 413 g/mol. The van der Waals surface area contributed by atoms with Gasteiger partial charge in [0.05, 0.1) is 10.5 Å². The number of para-hydroxylation sites is 1. The van der Waals surface area contributed by atoms with Crippen LogP contribution in [0.5, 0.6) is 0 Å². The molecule has 1 aromatic heterocycles. The Hall–Kier alpha value is -1.55. The maximum absolute atomic E-state index is 6.44. The van der Waals surface area contributed by atoms with Crippen LogP contribution in [-0.2, 0) is 0 Å². The number of rotatable bonds is 6. The van der Waals surface area contributed by atoms with Gasteiger partial charge in [0.25, 0.3) is 0 Å². The molecule has 0 amide bonds. The lowest BCUT2D eigenvalue weighted by Crippen LogP contribution is -2.32. The summed E-state index contributed by atoms with van der Waals surface area (Å²) in [5.74, 6) is 2.65. The molecular formula is C22H26Cl3N3. The number of aromatic nitrogens is 2. The number of benzene rings is 2. The summed E-state index contributed by atoms with van der Waals surface area (Å²) in [6.45, 7) is 10.8. The van der Waals surface area contributed by atoms with E-state index in [-0.39, 0.29) is 12.4 Å². The molecule has 3 nitrogen and oxygen atoms in total. The monoisotopic (exact) mass is 437 g/mol. The molecule has 0 saturated heterocycles. The van der Waals surface area contributed by atoms with Gasteiger partial charge in [0, 0.05) is 29.1 Å². The van der Waals surface area contributed by atoms with Crippen LogP contribution in [0.1, 0.15) is 27.7 Å². The highest BCUT2D eigenvalue weighted by Gasteiger charge is 2.18. The Bertz CT molecular complexity index is 931. The van der Waals surface area contributed by atoms with Gasteiger partial charge in [0.1, 0.15) is 5.82 Å². The van der Waals surface area contributed by atoms with E-state index in [4.69, 9.17) is 33.2 Å². The molecule has 0 saturated carbocycles. The van der Waals surface area contributed by atoms with Crippen LogP contribution in [0.15, 0.2) is 42.5 Å². The molecule has 28 heavy (non-hydrogen) atoms. The zero-order valence-electron chi connectivity index (χ0n) is 16.6. The Morgan fingerprint density at radius 3 is 2.14 bits per heavy atom. The minimum atomic E-state index is 0. The molecule has 150 valence electrons. The van der Waals surface area contributed by atoms with Crippen molar-refractivity contribution in [1.82, 2.24) is 9.97 Å². The fraction of sp³-hybridized carbons (Fsp3) is 0.364. The summed E-state index contributed by atoms with van der Waals surface area (Å²) in [6, 6.07) is 13.6. The predicted octanol–water partition coefficient (Wildman–Crippen LogP) is 7.14. The summed E-state index contributed by atoms with van der Waals surface area (Å²) in [5, 5.41) is 2.22. The van der Waals surface area contributed by atoms with Crippen molar-refractivity contribution in [2.75, 3.05) is 18.0 Å². The number of hydrogen-bond acceptors (Lipinski definition) is 3. The van der Waals surface area contributed by atoms with Crippen LogP contribution in [0, 0.1) is 11.8 Å². The maximum atomic E-state index is 6.44. The Morgan fingerprint density at radius 1 is 0.893 bits per heavy atom. The van der Waals surface area contributed by atoms with Crippen molar-refractivity contribution >= 4 is 52.3 Å². The van der Waals surface area contributed by atoms with Gasteiger partial charge in [-0.05, 0) is 42.2 Å². The molecule has 0 unspecified atom stereocenters. The molecule has 1 heterocycles. The lowest BCUT2D eigenvalue weighted by molar-refractivity contribution is 0.550. The second-order valence-electron chi connectivity index (χ2n) is 7.70. The molecule has 0 aliphatic carbocycles. The molecule has 0 N–H and O–H groups in total. The number of halogens is 3. The fourth-order valence-electron chi connectivity index (χ4n) is 3.22. The van der Waals surface area contributed by atoms with Crippen LogP contribution >= 0.6 is 35.6 Å². The van der Waals surface area contributed by atoms with Crippen LogP contribution < -0.4 is 4.90 Å². The molecule has 3 rings (SSSR count). The van der Waals surface area contributed by atoms with E-state index < -0.39 is 0 Å². The van der Waals surface area contributed by atoms with Crippen LogP contribution in [0.2, 0.25) is 10.0 Å². The first-order chi connectivity index (χ1) is 12.8. The summed E-state index contributed by atoms with van der Waals surface area (Å²) in [6.07, 6.45) is 0. The Morgan fingerprint density at radius 2 is 1.54 bits per heavy atom. The number of fused-ring (bicyclic) bond motifs is 1. The second-order valence-corrected chi connectivity index (χ2v) is 8.55. The van der Waals surface area contributed by atoms with E-state index in [0.29, 0.717) is 27.7 Å². The van der Waals surface area contributed by atoms with E-state index in [9.17, 15) is 0 Å². The van der Waals surface area contributed by atoms with Crippen LogP contribution in [0.25, 0.3) is 22.3 Å². The van der Waals surface area contributed by atoms with Gasteiger partial charge < -0.3 is 4.90 Å². The molecule has 0 atom stereocenters. The number of nitrogens with zero attached hydrogens (tertiary/aromatic N) is 3. The Labute approximate surface area is 183 Å². The van der Waals surface area contributed by atoms with Crippen LogP contribution in [-0.4, -0.2) is 23.1 Å². The smallest absolute Gasteiger partial charge is 0.163 e. The molecule has 0 bridgehead atoms. The lowest BCUT2D eigenvalue weighted by Gasteiger charge is -2.28. The van der Waals surface area contributed by atoms with Gasteiger partial charge in [-0.1, -0.05) is 63.0 Å². The van der Waals surface area contributed by atoms with Gasteiger partial charge in [-0.15, -0.1) is 12.4 Å². The fourth-order valence-corrected chi connectivity index (χ4v) is 3.71. The van der Waals surface area contributed by atoms with Gasteiger partial charge in [-0.2, -0.15) is 0 Å². The van der Waals surface area contributed by atoms with Crippen molar-refractivity contribution in [3.63, 3.8) is 0 Å². The molecule has 3 aromatic rings. The Kier molecular flexibility index (Phi) is 7.94. The van der Waals surface area contributed by atoms with Crippen molar-refractivity contribution in [2.24, 2.45) is 11.8 Å². The van der Waals surface area contributed by atoms with E-state index >= 15 is 0 Å². The minimum Gasteiger partial charge on any atom is -0.355 e. The minimum absolute atomic E-state index is 0. The highest BCUT2D eigenvalue weighted by Crippen LogP contribution is 2.32. The average Bonchev–Trinajstić information content (AvgIpc) is 2.59. The van der Waals surface area contributed by atoms with Crippen molar-refractivity contribution in [1.29, 1.82) is 0 Å². The summed E-state index contributed by atoms with van der Waals surface area (Å²) in [7, 11) is 0. The van der Waals surface area contributed by atoms with E-state index in [2.05, 4.69) is 38.7 Å². The highest BCUT2D eigenvalue weighted by atomic mass is 35.5. The molecule has 6 heteroatoms. The topological polar surface area (TPSA) is 29.0 Å². The van der Waals surface area contributed by atoms with E-state index in [1.165, 1.54) is 0 Å². The summed E-state index contributed by atoms with van der Waals surface area (Å²) in [4.78, 5) is 12.1. The molecule has 0 aliphatic heterocycles. The van der Waals surface area contributed by atoms with E-state index in [1.807, 2.05) is 30.3 Å². The van der Waals surface area contributed by atoms with Crippen molar-refractivity contribution < 1.29 is 0 Å². The van der Waals surface area contributed by atoms with Crippen molar-refractivity contribution in [3.8, 4) is 11.4 Å². The van der Waals surface area contributed by atoms with Gasteiger partial charge in [-0.25, -0.2) is 9.97 Å². The molecule has 0 fully saturated rings. The largest absolute Gasteiger partial charge is 0.355 e. The lowest BCUT2D eigenvalue weighted by atomic mass is 10.1. The zero-order valence-corrected chi connectivity index (χ0v) is 18.9. The summed E-state index contributed by atoms with van der Waals surface area (Å²) >= 11 is 12.5. The number of hydrogen-bond donors (Lipinski definition) is 0. The first-order valence-corrected chi connectivity index (χ1v) is 10.1.